The van der Waals surface area contributed by atoms with Crippen molar-refractivity contribution in [2.75, 3.05) is 34.2 Å². The summed E-state index contributed by atoms with van der Waals surface area (Å²) >= 11 is 0. The van der Waals surface area contributed by atoms with Crippen LogP contribution in [0, 0.1) is 10.1 Å². The highest BCUT2D eigenvalue weighted by molar-refractivity contribution is 5.76. The van der Waals surface area contributed by atoms with Gasteiger partial charge < -0.3 is 20.3 Å². The van der Waals surface area contributed by atoms with Crippen LogP contribution in [0.2, 0.25) is 0 Å². The number of nitrogens with one attached hydrogen (secondary N) is 2. The average Bonchev–Trinajstić information content (AvgIpc) is 2.57. The summed E-state index contributed by atoms with van der Waals surface area (Å²) < 4.78 is 5.05. The second-order valence-corrected chi connectivity index (χ2v) is 5.70. The zero-order valence-electron chi connectivity index (χ0n) is 14.7. The fraction of sp³-hybridized carbons (Fsp3) is 0.500. The molecule has 0 saturated heterocycles. The Labute approximate surface area is 146 Å². The summed E-state index contributed by atoms with van der Waals surface area (Å²) in [6, 6.07) is 4.00. The minimum Gasteiger partial charge on any atom is -0.410 e. The summed E-state index contributed by atoms with van der Waals surface area (Å²) in [6.45, 7) is 1.46. The molecule has 1 rings (SSSR count). The molecule has 1 aromatic carbocycles. The molecule has 0 aromatic heterocycles. The summed E-state index contributed by atoms with van der Waals surface area (Å²) in [4.78, 5) is 35.6. The van der Waals surface area contributed by atoms with Gasteiger partial charge in [0.15, 0.2) is 0 Å². The van der Waals surface area contributed by atoms with Crippen molar-refractivity contribution >= 4 is 17.7 Å². The van der Waals surface area contributed by atoms with E-state index in [0.717, 1.165) is 13.0 Å². The number of nitro groups is 1. The number of benzene rings is 1. The maximum atomic E-state index is 11.9. The van der Waals surface area contributed by atoms with Crippen LogP contribution in [0.3, 0.4) is 0 Å². The normalized spacial score (nSPS) is 10.4. The number of carbonyl (C=O) groups excluding carboxylic acids is 2. The Balaban J connectivity index is 2.65. The van der Waals surface area contributed by atoms with Crippen LogP contribution in [0.1, 0.15) is 18.4 Å². The van der Waals surface area contributed by atoms with E-state index in [1.807, 2.05) is 19.0 Å². The maximum Gasteiger partial charge on any atom is 0.412 e. The Kier molecular flexibility index (Phi) is 8.34. The van der Waals surface area contributed by atoms with Gasteiger partial charge in [0, 0.05) is 26.1 Å². The van der Waals surface area contributed by atoms with Crippen molar-refractivity contribution in [2.45, 2.75) is 19.3 Å². The van der Waals surface area contributed by atoms with Crippen molar-refractivity contribution in [1.82, 2.24) is 15.5 Å². The van der Waals surface area contributed by atoms with Gasteiger partial charge in [-0.3, -0.25) is 14.9 Å². The first-order valence-corrected chi connectivity index (χ1v) is 7.91. The number of aryl methyl sites for hydroxylation is 1. The van der Waals surface area contributed by atoms with E-state index in [1.165, 1.54) is 25.2 Å². The lowest BCUT2D eigenvalue weighted by Gasteiger charge is -2.11. The largest absolute Gasteiger partial charge is 0.412 e. The second-order valence-electron chi connectivity index (χ2n) is 5.70. The van der Waals surface area contributed by atoms with E-state index < -0.39 is 11.0 Å². The second kappa shape index (κ2) is 10.2. The minimum atomic E-state index is -0.727. The molecule has 0 spiro atoms. The highest BCUT2D eigenvalue weighted by Crippen LogP contribution is 2.26. The van der Waals surface area contributed by atoms with Crippen LogP contribution >= 0.6 is 0 Å². The van der Waals surface area contributed by atoms with Crippen LogP contribution in [0.4, 0.5) is 10.5 Å². The SMILES string of the molecule is CNC(=O)Oc1cc([N+](=O)[O-])ccc1CCC(=O)NCCCN(C)C. The number of rotatable bonds is 9. The van der Waals surface area contributed by atoms with Crippen molar-refractivity contribution < 1.29 is 19.2 Å². The minimum absolute atomic E-state index is 0.0777. The molecule has 0 bridgehead atoms. The van der Waals surface area contributed by atoms with Gasteiger partial charge in [0.05, 0.1) is 11.0 Å². The van der Waals surface area contributed by atoms with E-state index in [1.54, 1.807) is 0 Å². The first-order chi connectivity index (χ1) is 11.8. The maximum absolute atomic E-state index is 11.9. The van der Waals surface area contributed by atoms with Crippen molar-refractivity contribution in [2.24, 2.45) is 0 Å². The fourth-order valence-corrected chi connectivity index (χ4v) is 2.07. The first kappa shape index (κ1) is 20.4. The van der Waals surface area contributed by atoms with E-state index >= 15 is 0 Å². The van der Waals surface area contributed by atoms with Gasteiger partial charge in [0.25, 0.3) is 5.69 Å². The summed E-state index contributed by atoms with van der Waals surface area (Å²) in [5, 5.41) is 16.0. The number of ether oxygens (including phenoxy) is 1. The molecule has 25 heavy (non-hydrogen) atoms. The van der Waals surface area contributed by atoms with Gasteiger partial charge in [-0.15, -0.1) is 0 Å². The summed E-state index contributed by atoms with van der Waals surface area (Å²) in [7, 11) is 5.31. The van der Waals surface area contributed by atoms with Gasteiger partial charge in [-0.1, -0.05) is 0 Å². The summed E-state index contributed by atoms with van der Waals surface area (Å²) in [6.07, 6.45) is 0.629. The van der Waals surface area contributed by atoms with Crippen molar-refractivity contribution in [3.63, 3.8) is 0 Å². The molecule has 2 amide bonds. The Bertz CT molecular complexity index is 619. The summed E-state index contributed by atoms with van der Waals surface area (Å²) in [5.41, 5.74) is 0.369. The van der Waals surface area contributed by atoms with Crippen LogP contribution in [0.25, 0.3) is 0 Å². The topological polar surface area (TPSA) is 114 Å². The van der Waals surface area contributed by atoms with Crippen LogP contribution in [0.5, 0.6) is 5.75 Å². The van der Waals surface area contributed by atoms with Crippen molar-refractivity contribution in [1.29, 1.82) is 0 Å². The van der Waals surface area contributed by atoms with Crippen LogP contribution in [-0.4, -0.2) is 56.1 Å². The molecule has 0 fully saturated rings. The molecule has 0 unspecified atom stereocenters. The lowest BCUT2D eigenvalue weighted by molar-refractivity contribution is -0.384. The smallest absolute Gasteiger partial charge is 0.410 e. The summed E-state index contributed by atoms with van der Waals surface area (Å²) in [5.74, 6) is -0.0445. The van der Waals surface area contributed by atoms with E-state index in [2.05, 4.69) is 10.6 Å². The average molecular weight is 352 g/mol. The fourth-order valence-electron chi connectivity index (χ4n) is 2.07. The van der Waals surface area contributed by atoms with Crippen molar-refractivity contribution in [3.05, 3.63) is 33.9 Å². The zero-order valence-corrected chi connectivity index (χ0v) is 14.7. The Morgan fingerprint density at radius 1 is 1.32 bits per heavy atom. The molecule has 9 nitrogen and oxygen atoms in total. The highest BCUT2D eigenvalue weighted by atomic mass is 16.6. The predicted molar refractivity (Wildman–Crippen MR) is 92.7 cm³/mol. The van der Waals surface area contributed by atoms with Crippen LogP contribution < -0.4 is 15.4 Å². The standard InChI is InChI=1S/C16H24N4O5/c1-17-16(22)25-14-11-13(20(23)24)7-5-12(14)6-8-15(21)18-9-4-10-19(2)3/h5,7,11H,4,6,8-10H2,1-3H3,(H,17,22)(H,18,21). The molecule has 0 heterocycles. The molecule has 0 aliphatic carbocycles. The number of nitrogens with zero attached hydrogens (tertiary/aromatic N) is 2. The monoisotopic (exact) mass is 352 g/mol. The molecule has 138 valence electrons. The Hall–Kier alpha value is -2.68. The van der Waals surface area contributed by atoms with Gasteiger partial charge in [0.1, 0.15) is 5.75 Å². The number of carbonyl (C=O) groups is 2. The van der Waals surface area contributed by atoms with E-state index in [0.29, 0.717) is 18.5 Å². The Morgan fingerprint density at radius 3 is 2.64 bits per heavy atom. The molecule has 0 aliphatic heterocycles. The van der Waals surface area contributed by atoms with Crippen LogP contribution in [0.15, 0.2) is 18.2 Å². The molecule has 0 aliphatic rings. The van der Waals surface area contributed by atoms with Gasteiger partial charge in [0.2, 0.25) is 5.91 Å². The first-order valence-electron chi connectivity index (χ1n) is 7.91. The number of hydrogen-bond acceptors (Lipinski definition) is 6. The van der Waals surface area contributed by atoms with Crippen molar-refractivity contribution in [3.8, 4) is 5.75 Å². The predicted octanol–water partition coefficient (Wildman–Crippen LogP) is 1.31. The van der Waals surface area contributed by atoms with Gasteiger partial charge in [-0.25, -0.2) is 4.79 Å². The molecular formula is C16H24N4O5. The lowest BCUT2D eigenvalue weighted by atomic mass is 10.1. The number of nitro benzene ring substituents is 1. The molecule has 9 heteroatoms. The van der Waals surface area contributed by atoms with Gasteiger partial charge in [-0.2, -0.15) is 0 Å². The molecular weight excluding hydrogens is 328 g/mol. The Morgan fingerprint density at radius 2 is 2.04 bits per heavy atom. The number of amides is 2. The molecule has 2 N–H and O–H groups in total. The van der Waals surface area contributed by atoms with E-state index in [-0.39, 0.29) is 23.8 Å². The molecule has 0 saturated carbocycles. The molecule has 0 radical (unpaired) electrons. The highest BCUT2D eigenvalue weighted by Gasteiger charge is 2.15. The van der Waals surface area contributed by atoms with Gasteiger partial charge in [-0.05, 0) is 45.1 Å². The third-order valence-corrected chi connectivity index (χ3v) is 3.39. The number of hydrogen-bond donors (Lipinski definition) is 2. The quantitative estimate of drug-likeness (QED) is 0.393. The van der Waals surface area contributed by atoms with Crippen LogP contribution in [-0.2, 0) is 11.2 Å². The molecule has 1 aromatic rings. The van der Waals surface area contributed by atoms with E-state index in [9.17, 15) is 19.7 Å². The molecule has 0 atom stereocenters. The lowest BCUT2D eigenvalue weighted by Crippen LogP contribution is -2.27. The van der Waals surface area contributed by atoms with E-state index in [4.69, 9.17) is 4.74 Å². The third-order valence-electron chi connectivity index (χ3n) is 3.39. The number of non-ortho nitro benzene ring substituents is 1. The zero-order chi connectivity index (χ0) is 18.8. The van der Waals surface area contributed by atoms with Gasteiger partial charge >= 0.3 is 6.09 Å². The third kappa shape index (κ3) is 7.62.